The third-order valence-electron chi connectivity index (χ3n) is 5.10. The zero-order valence-electron chi connectivity index (χ0n) is 14.0. The number of fused-ring (bicyclic) bond motifs is 1. The maximum absolute atomic E-state index is 12.4. The number of pyridine rings is 1. The fourth-order valence-electron chi connectivity index (χ4n) is 3.76. The summed E-state index contributed by atoms with van der Waals surface area (Å²) < 4.78 is 0. The Morgan fingerprint density at radius 1 is 1.12 bits per heavy atom. The molecule has 0 amide bonds. The lowest BCUT2D eigenvalue weighted by atomic mass is 9.99. The normalized spacial score (nSPS) is 18.3. The summed E-state index contributed by atoms with van der Waals surface area (Å²) in [4.78, 5) is 17.9. The highest BCUT2D eigenvalue weighted by molar-refractivity contribution is 5.81. The summed E-state index contributed by atoms with van der Waals surface area (Å²) in [6, 6.07) is 18.9. The van der Waals surface area contributed by atoms with Crippen LogP contribution in [0.15, 0.2) is 59.4 Å². The molecule has 3 heteroatoms. The van der Waals surface area contributed by atoms with Crippen LogP contribution in [0, 0.1) is 6.92 Å². The highest BCUT2D eigenvalue weighted by atomic mass is 16.1. The van der Waals surface area contributed by atoms with Gasteiger partial charge in [-0.25, -0.2) is 0 Å². The summed E-state index contributed by atoms with van der Waals surface area (Å²) in [7, 11) is 0. The minimum atomic E-state index is 0.0416. The number of hydrogen-bond acceptors (Lipinski definition) is 2. The number of rotatable bonds is 3. The van der Waals surface area contributed by atoms with Gasteiger partial charge in [-0.05, 0) is 48.4 Å². The van der Waals surface area contributed by atoms with E-state index in [4.69, 9.17) is 0 Å². The zero-order valence-corrected chi connectivity index (χ0v) is 14.0. The summed E-state index contributed by atoms with van der Waals surface area (Å²) in [6.07, 6.45) is 1.16. The molecule has 1 N–H and O–H groups in total. The molecule has 1 aromatic heterocycles. The lowest BCUT2D eigenvalue weighted by Crippen LogP contribution is -2.25. The van der Waals surface area contributed by atoms with Crippen molar-refractivity contribution in [2.24, 2.45) is 0 Å². The smallest absolute Gasteiger partial charge is 0.252 e. The molecule has 1 saturated heterocycles. The van der Waals surface area contributed by atoms with Crippen LogP contribution in [0.25, 0.3) is 10.9 Å². The maximum Gasteiger partial charge on any atom is 0.252 e. The molecule has 0 spiro atoms. The van der Waals surface area contributed by atoms with E-state index in [1.54, 1.807) is 0 Å². The number of nitrogens with zero attached hydrogens (tertiary/aromatic N) is 1. The number of aryl methyl sites for hydroxylation is 1. The molecule has 0 radical (unpaired) electrons. The van der Waals surface area contributed by atoms with E-state index in [1.165, 1.54) is 5.56 Å². The van der Waals surface area contributed by atoms with Crippen molar-refractivity contribution in [3.63, 3.8) is 0 Å². The molecule has 1 aliphatic rings. The Morgan fingerprint density at radius 3 is 2.79 bits per heavy atom. The Hall–Kier alpha value is -2.39. The molecule has 24 heavy (non-hydrogen) atoms. The van der Waals surface area contributed by atoms with Gasteiger partial charge in [0.15, 0.2) is 0 Å². The van der Waals surface area contributed by atoms with Crippen LogP contribution in [-0.4, -0.2) is 23.0 Å². The summed E-state index contributed by atoms with van der Waals surface area (Å²) in [5.41, 5.74) is 4.38. The molecule has 3 nitrogen and oxygen atoms in total. The van der Waals surface area contributed by atoms with Crippen LogP contribution >= 0.6 is 0 Å². The van der Waals surface area contributed by atoms with Crippen molar-refractivity contribution >= 4 is 10.9 Å². The second-order valence-corrected chi connectivity index (χ2v) is 6.79. The van der Waals surface area contributed by atoms with E-state index in [0.717, 1.165) is 48.1 Å². The third kappa shape index (κ3) is 2.87. The number of aromatic amines is 1. The van der Waals surface area contributed by atoms with E-state index in [-0.39, 0.29) is 5.56 Å². The Morgan fingerprint density at radius 2 is 1.96 bits per heavy atom. The fraction of sp³-hybridized carbons (Fsp3) is 0.286. The molecule has 122 valence electrons. The summed E-state index contributed by atoms with van der Waals surface area (Å²) >= 11 is 0. The van der Waals surface area contributed by atoms with E-state index < -0.39 is 0 Å². The first kappa shape index (κ1) is 15.2. The van der Waals surface area contributed by atoms with Crippen molar-refractivity contribution in [3.8, 4) is 0 Å². The molecule has 1 aliphatic heterocycles. The fourth-order valence-corrected chi connectivity index (χ4v) is 3.76. The van der Waals surface area contributed by atoms with Crippen molar-refractivity contribution in [1.29, 1.82) is 0 Å². The van der Waals surface area contributed by atoms with Crippen LogP contribution in [0.1, 0.15) is 29.0 Å². The predicted octanol–water partition coefficient (Wildman–Crippen LogP) is 3.83. The first-order valence-corrected chi connectivity index (χ1v) is 8.59. The Bertz CT molecular complexity index is 914. The molecular formula is C21H22N2O. The number of hydrogen-bond donors (Lipinski definition) is 1. The SMILES string of the molecule is Cc1cccc2cc(CN3CCC(c4ccccc4)C3)c(=O)[nH]c12. The third-order valence-corrected chi connectivity index (χ3v) is 5.10. The number of H-pyrrole nitrogens is 1. The standard InChI is InChI=1S/C21H22N2O/c1-15-6-5-9-17-12-19(21(24)22-20(15)17)14-23-11-10-18(13-23)16-7-3-2-4-8-16/h2-9,12,18H,10-11,13-14H2,1H3,(H,22,24). The molecule has 3 aromatic rings. The largest absolute Gasteiger partial charge is 0.321 e. The Kier molecular flexibility index (Phi) is 3.95. The molecule has 4 rings (SSSR count). The molecule has 1 unspecified atom stereocenters. The highest BCUT2D eigenvalue weighted by Crippen LogP contribution is 2.27. The minimum absolute atomic E-state index is 0.0416. The average Bonchev–Trinajstić information content (AvgIpc) is 3.06. The first-order valence-electron chi connectivity index (χ1n) is 8.59. The second kappa shape index (κ2) is 6.25. The molecule has 0 aliphatic carbocycles. The van der Waals surface area contributed by atoms with Gasteiger partial charge in [0.25, 0.3) is 5.56 Å². The number of aromatic nitrogens is 1. The van der Waals surface area contributed by atoms with Crippen LogP contribution in [0.2, 0.25) is 0 Å². The van der Waals surface area contributed by atoms with Gasteiger partial charge in [0.2, 0.25) is 0 Å². The quantitative estimate of drug-likeness (QED) is 0.797. The number of para-hydroxylation sites is 1. The van der Waals surface area contributed by atoms with Gasteiger partial charge >= 0.3 is 0 Å². The molecule has 1 atom stereocenters. The van der Waals surface area contributed by atoms with Crippen LogP contribution in [0.4, 0.5) is 0 Å². The van der Waals surface area contributed by atoms with Gasteiger partial charge in [-0.1, -0.05) is 48.5 Å². The van der Waals surface area contributed by atoms with Crippen LogP contribution in [-0.2, 0) is 6.54 Å². The van der Waals surface area contributed by atoms with E-state index in [1.807, 2.05) is 19.1 Å². The Balaban J connectivity index is 1.55. The minimum Gasteiger partial charge on any atom is -0.321 e. The number of benzene rings is 2. The lowest BCUT2D eigenvalue weighted by Gasteiger charge is -2.16. The van der Waals surface area contributed by atoms with Crippen molar-refractivity contribution < 1.29 is 0 Å². The molecule has 2 heterocycles. The second-order valence-electron chi connectivity index (χ2n) is 6.79. The van der Waals surface area contributed by atoms with Gasteiger partial charge in [-0.2, -0.15) is 0 Å². The van der Waals surface area contributed by atoms with Gasteiger partial charge < -0.3 is 4.98 Å². The topological polar surface area (TPSA) is 36.1 Å². The van der Waals surface area contributed by atoms with Gasteiger partial charge in [0.05, 0.1) is 5.52 Å². The highest BCUT2D eigenvalue weighted by Gasteiger charge is 2.24. The first-order chi connectivity index (χ1) is 11.7. The van der Waals surface area contributed by atoms with Crippen LogP contribution in [0.3, 0.4) is 0 Å². The van der Waals surface area contributed by atoms with Crippen molar-refractivity contribution in [2.45, 2.75) is 25.8 Å². The van der Waals surface area contributed by atoms with E-state index >= 15 is 0 Å². The van der Waals surface area contributed by atoms with Gasteiger partial charge in [-0.3, -0.25) is 9.69 Å². The summed E-state index contributed by atoms with van der Waals surface area (Å²) in [6.45, 7) is 4.82. The molecule has 1 fully saturated rings. The monoisotopic (exact) mass is 318 g/mol. The van der Waals surface area contributed by atoms with Crippen LogP contribution < -0.4 is 5.56 Å². The van der Waals surface area contributed by atoms with Crippen molar-refractivity contribution in [3.05, 3.63) is 81.6 Å². The molecular weight excluding hydrogens is 296 g/mol. The van der Waals surface area contributed by atoms with E-state index in [9.17, 15) is 4.79 Å². The molecule has 0 bridgehead atoms. The summed E-state index contributed by atoms with van der Waals surface area (Å²) in [5.74, 6) is 0.577. The maximum atomic E-state index is 12.4. The van der Waals surface area contributed by atoms with Gasteiger partial charge in [-0.15, -0.1) is 0 Å². The van der Waals surface area contributed by atoms with Crippen molar-refractivity contribution in [2.75, 3.05) is 13.1 Å². The van der Waals surface area contributed by atoms with Crippen molar-refractivity contribution in [1.82, 2.24) is 9.88 Å². The summed E-state index contributed by atoms with van der Waals surface area (Å²) in [5, 5.41) is 1.11. The Labute approximate surface area is 141 Å². The van der Waals surface area contributed by atoms with Gasteiger partial charge in [0, 0.05) is 18.7 Å². The number of nitrogens with one attached hydrogen (secondary N) is 1. The van der Waals surface area contributed by atoms with Crippen LogP contribution in [0.5, 0.6) is 0 Å². The lowest BCUT2D eigenvalue weighted by molar-refractivity contribution is 0.325. The zero-order chi connectivity index (χ0) is 16.5. The predicted molar refractivity (Wildman–Crippen MR) is 98.4 cm³/mol. The van der Waals surface area contributed by atoms with E-state index in [2.05, 4.69) is 52.3 Å². The molecule has 0 saturated carbocycles. The molecule has 2 aromatic carbocycles. The number of likely N-dealkylation sites (tertiary alicyclic amines) is 1. The average molecular weight is 318 g/mol. The van der Waals surface area contributed by atoms with Gasteiger partial charge in [0.1, 0.15) is 0 Å². The van der Waals surface area contributed by atoms with E-state index in [0.29, 0.717) is 5.92 Å².